The molecule has 0 aliphatic carbocycles. The Kier molecular flexibility index (Phi) is 3.39. The number of rotatable bonds is 4. The van der Waals surface area contributed by atoms with E-state index in [9.17, 15) is 0 Å². The van der Waals surface area contributed by atoms with Gasteiger partial charge in [0.15, 0.2) is 5.82 Å². The second-order valence-corrected chi connectivity index (χ2v) is 4.91. The van der Waals surface area contributed by atoms with E-state index < -0.39 is 0 Å². The van der Waals surface area contributed by atoms with E-state index in [0.29, 0.717) is 18.4 Å². The number of nitrogens with zero attached hydrogens (tertiary/aromatic N) is 5. The molecule has 0 fully saturated rings. The van der Waals surface area contributed by atoms with Crippen LogP contribution in [0, 0.1) is 0 Å². The zero-order valence-corrected chi connectivity index (χ0v) is 11.5. The molecular formula is C14H16N6. The minimum atomic E-state index is 0.427. The highest BCUT2D eigenvalue weighted by Crippen LogP contribution is 2.13. The highest BCUT2D eigenvalue weighted by atomic mass is 15.5. The van der Waals surface area contributed by atoms with E-state index in [2.05, 4.69) is 39.7 Å². The number of para-hydroxylation sites is 1. The standard InChI is InChI=1S/C14H16N6/c1-10(2)15-9-11-7-8-14(18-16-11)20-13-6-4-3-5-12(13)17-19-20/h3-8,10,15H,9H2,1-2H3. The Morgan fingerprint density at radius 2 is 1.90 bits per heavy atom. The molecular weight excluding hydrogens is 252 g/mol. The summed E-state index contributed by atoms with van der Waals surface area (Å²) in [5, 5.41) is 20.0. The van der Waals surface area contributed by atoms with Crippen molar-refractivity contribution in [3.8, 4) is 5.82 Å². The maximum atomic E-state index is 4.22. The molecule has 1 N–H and O–H groups in total. The van der Waals surface area contributed by atoms with Crippen LogP contribution < -0.4 is 5.32 Å². The van der Waals surface area contributed by atoms with Gasteiger partial charge in [-0.05, 0) is 24.3 Å². The van der Waals surface area contributed by atoms with Gasteiger partial charge in [-0.25, -0.2) is 0 Å². The van der Waals surface area contributed by atoms with Gasteiger partial charge in [0.2, 0.25) is 0 Å². The van der Waals surface area contributed by atoms with Gasteiger partial charge in [0.25, 0.3) is 0 Å². The third-order valence-electron chi connectivity index (χ3n) is 2.97. The number of benzene rings is 1. The molecule has 0 aliphatic rings. The largest absolute Gasteiger partial charge is 0.309 e. The molecule has 3 aromatic rings. The van der Waals surface area contributed by atoms with Crippen LogP contribution in [-0.2, 0) is 6.54 Å². The van der Waals surface area contributed by atoms with Crippen LogP contribution in [0.15, 0.2) is 36.4 Å². The molecule has 3 rings (SSSR count). The smallest absolute Gasteiger partial charge is 0.178 e. The van der Waals surface area contributed by atoms with E-state index in [0.717, 1.165) is 16.7 Å². The molecule has 20 heavy (non-hydrogen) atoms. The van der Waals surface area contributed by atoms with Gasteiger partial charge >= 0.3 is 0 Å². The molecule has 0 aliphatic heterocycles. The molecule has 0 bridgehead atoms. The summed E-state index contributed by atoms with van der Waals surface area (Å²) in [5.41, 5.74) is 2.68. The van der Waals surface area contributed by atoms with Crippen molar-refractivity contribution in [3.05, 3.63) is 42.1 Å². The van der Waals surface area contributed by atoms with Crippen molar-refractivity contribution in [3.63, 3.8) is 0 Å². The first-order valence-corrected chi connectivity index (χ1v) is 6.61. The monoisotopic (exact) mass is 268 g/mol. The summed E-state index contributed by atoms with van der Waals surface area (Å²) >= 11 is 0. The lowest BCUT2D eigenvalue weighted by Crippen LogP contribution is -2.22. The lowest BCUT2D eigenvalue weighted by atomic mass is 10.3. The van der Waals surface area contributed by atoms with E-state index in [1.807, 2.05) is 36.4 Å². The molecule has 0 unspecified atom stereocenters. The van der Waals surface area contributed by atoms with Crippen LogP contribution in [0.3, 0.4) is 0 Å². The molecule has 2 heterocycles. The second-order valence-electron chi connectivity index (χ2n) is 4.91. The predicted molar refractivity (Wildman–Crippen MR) is 76.4 cm³/mol. The lowest BCUT2D eigenvalue weighted by Gasteiger charge is -2.07. The SMILES string of the molecule is CC(C)NCc1ccc(-n2nnc3ccccc32)nn1. The molecule has 0 saturated heterocycles. The number of aromatic nitrogens is 5. The first-order chi connectivity index (χ1) is 9.74. The quantitative estimate of drug-likeness (QED) is 0.780. The molecule has 0 spiro atoms. The fourth-order valence-corrected chi connectivity index (χ4v) is 1.91. The van der Waals surface area contributed by atoms with E-state index in [1.165, 1.54) is 0 Å². The third-order valence-corrected chi connectivity index (χ3v) is 2.97. The highest BCUT2D eigenvalue weighted by Gasteiger charge is 2.07. The van der Waals surface area contributed by atoms with Crippen molar-refractivity contribution in [1.82, 2.24) is 30.5 Å². The normalized spacial score (nSPS) is 11.3. The zero-order chi connectivity index (χ0) is 13.9. The van der Waals surface area contributed by atoms with Gasteiger partial charge < -0.3 is 5.32 Å². The Bertz CT molecular complexity index is 701. The Balaban J connectivity index is 1.87. The highest BCUT2D eigenvalue weighted by molar-refractivity contribution is 5.75. The average molecular weight is 268 g/mol. The van der Waals surface area contributed by atoms with E-state index in [1.54, 1.807) is 4.68 Å². The number of hydrogen-bond acceptors (Lipinski definition) is 5. The Morgan fingerprint density at radius 1 is 1.05 bits per heavy atom. The van der Waals surface area contributed by atoms with Crippen LogP contribution in [0.1, 0.15) is 19.5 Å². The minimum Gasteiger partial charge on any atom is -0.309 e. The predicted octanol–water partition coefficient (Wildman–Crippen LogP) is 1.71. The minimum absolute atomic E-state index is 0.427. The van der Waals surface area contributed by atoms with Gasteiger partial charge in [-0.1, -0.05) is 31.2 Å². The van der Waals surface area contributed by atoms with Gasteiger partial charge in [-0.3, -0.25) is 0 Å². The van der Waals surface area contributed by atoms with Crippen LogP contribution >= 0.6 is 0 Å². The zero-order valence-electron chi connectivity index (χ0n) is 11.5. The van der Waals surface area contributed by atoms with Gasteiger partial charge in [-0.2, -0.15) is 9.78 Å². The van der Waals surface area contributed by atoms with E-state index in [-0.39, 0.29) is 0 Å². The topological polar surface area (TPSA) is 68.5 Å². The van der Waals surface area contributed by atoms with Crippen LogP contribution in [0.2, 0.25) is 0 Å². The lowest BCUT2D eigenvalue weighted by molar-refractivity contribution is 0.576. The molecule has 0 radical (unpaired) electrons. The molecule has 0 amide bonds. The first-order valence-electron chi connectivity index (χ1n) is 6.61. The molecule has 6 heteroatoms. The first kappa shape index (κ1) is 12.7. The summed E-state index contributed by atoms with van der Waals surface area (Å²) < 4.78 is 1.70. The van der Waals surface area contributed by atoms with E-state index >= 15 is 0 Å². The molecule has 0 saturated carbocycles. The summed E-state index contributed by atoms with van der Waals surface area (Å²) in [7, 11) is 0. The summed E-state index contributed by atoms with van der Waals surface area (Å²) in [6.07, 6.45) is 0. The van der Waals surface area contributed by atoms with Crippen LogP contribution in [0.25, 0.3) is 16.9 Å². The number of nitrogens with one attached hydrogen (secondary N) is 1. The Hall–Kier alpha value is -2.34. The number of fused-ring (bicyclic) bond motifs is 1. The molecule has 0 atom stereocenters. The van der Waals surface area contributed by atoms with Crippen molar-refractivity contribution < 1.29 is 0 Å². The van der Waals surface area contributed by atoms with Gasteiger partial charge in [0.1, 0.15) is 5.52 Å². The van der Waals surface area contributed by atoms with Crippen molar-refractivity contribution in [2.24, 2.45) is 0 Å². The summed E-state index contributed by atoms with van der Waals surface area (Å²) in [6, 6.07) is 12.1. The van der Waals surface area contributed by atoms with Crippen LogP contribution in [0.4, 0.5) is 0 Å². The number of hydrogen-bond donors (Lipinski definition) is 1. The summed E-state index contributed by atoms with van der Waals surface area (Å²) in [4.78, 5) is 0. The van der Waals surface area contributed by atoms with Crippen LogP contribution in [0.5, 0.6) is 0 Å². The van der Waals surface area contributed by atoms with Gasteiger partial charge in [-0.15, -0.1) is 10.2 Å². The van der Waals surface area contributed by atoms with Crippen molar-refractivity contribution in [1.29, 1.82) is 0 Å². The molecule has 102 valence electrons. The Morgan fingerprint density at radius 3 is 2.65 bits per heavy atom. The van der Waals surface area contributed by atoms with Crippen LogP contribution in [-0.4, -0.2) is 31.2 Å². The fourth-order valence-electron chi connectivity index (χ4n) is 1.91. The van der Waals surface area contributed by atoms with Crippen molar-refractivity contribution in [2.45, 2.75) is 26.4 Å². The molecule has 6 nitrogen and oxygen atoms in total. The molecule has 1 aromatic carbocycles. The summed E-state index contributed by atoms with van der Waals surface area (Å²) in [6.45, 7) is 4.91. The third kappa shape index (κ3) is 2.50. The maximum Gasteiger partial charge on any atom is 0.178 e. The average Bonchev–Trinajstić information content (AvgIpc) is 2.89. The van der Waals surface area contributed by atoms with E-state index in [4.69, 9.17) is 0 Å². The Labute approximate surface area is 116 Å². The van der Waals surface area contributed by atoms with Crippen molar-refractivity contribution in [2.75, 3.05) is 0 Å². The van der Waals surface area contributed by atoms with Crippen molar-refractivity contribution >= 4 is 11.0 Å². The summed E-state index contributed by atoms with van der Waals surface area (Å²) in [5.74, 6) is 0.673. The maximum absolute atomic E-state index is 4.22. The van der Waals surface area contributed by atoms with Gasteiger partial charge in [0, 0.05) is 12.6 Å². The van der Waals surface area contributed by atoms with Gasteiger partial charge in [0.05, 0.1) is 11.2 Å². The molecule has 2 aromatic heterocycles. The second kappa shape index (κ2) is 5.34. The fraction of sp³-hybridized carbons (Fsp3) is 0.286.